The molecule has 0 saturated heterocycles. The number of fused-ring (bicyclic) bond motifs is 3. The Hall–Kier alpha value is -3.13. The van der Waals surface area contributed by atoms with E-state index in [0.29, 0.717) is 22.9 Å². The summed E-state index contributed by atoms with van der Waals surface area (Å²) in [6.45, 7) is 10.5. The van der Waals surface area contributed by atoms with Gasteiger partial charge in [0.2, 0.25) is 11.7 Å². The maximum absolute atomic E-state index is 13.3. The van der Waals surface area contributed by atoms with Crippen LogP contribution in [0, 0.1) is 6.92 Å². The van der Waals surface area contributed by atoms with Crippen molar-refractivity contribution in [2.45, 2.75) is 58.4 Å². The fraction of sp³-hybridized carbons (Fsp3) is 0.360. The molecule has 172 valence electrons. The zero-order valence-electron chi connectivity index (χ0n) is 19.6. The fourth-order valence-corrected chi connectivity index (χ4v) is 5.03. The standard InChI is InChI=1S/C25H29N5O2S/c1-16(2)29(17(3)4)22(31)15-33-25-27-26-24-28(14-19-12-10-18(5)11-13-19)23(32)20-8-6-7-9-21(20)30(24)25/h6-13,16-17H,14-15H2,1-5H3. The molecule has 0 spiro atoms. The quantitative estimate of drug-likeness (QED) is 0.385. The molecule has 33 heavy (non-hydrogen) atoms. The van der Waals surface area contributed by atoms with Gasteiger partial charge in [0.1, 0.15) is 0 Å². The van der Waals surface area contributed by atoms with Crippen molar-refractivity contribution >= 4 is 34.3 Å². The molecule has 0 fully saturated rings. The summed E-state index contributed by atoms with van der Waals surface area (Å²) in [6.07, 6.45) is 0. The van der Waals surface area contributed by atoms with Gasteiger partial charge in [-0.25, -0.2) is 0 Å². The minimum Gasteiger partial charge on any atom is -0.337 e. The van der Waals surface area contributed by atoms with Crippen molar-refractivity contribution in [1.29, 1.82) is 0 Å². The Morgan fingerprint density at radius 1 is 1.00 bits per heavy atom. The van der Waals surface area contributed by atoms with E-state index in [1.54, 1.807) is 4.57 Å². The Balaban J connectivity index is 1.77. The van der Waals surface area contributed by atoms with E-state index in [4.69, 9.17) is 0 Å². The number of carbonyl (C=O) groups excluding carboxylic acids is 1. The van der Waals surface area contributed by atoms with Crippen molar-refractivity contribution in [2.24, 2.45) is 0 Å². The van der Waals surface area contributed by atoms with E-state index in [9.17, 15) is 9.59 Å². The Morgan fingerprint density at radius 2 is 1.67 bits per heavy atom. The van der Waals surface area contributed by atoms with Crippen LogP contribution in [0.1, 0.15) is 38.8 Å². The topological polar surface area (TPSA) is 72.5 Å². The fourth-order valence-electron chi connectivity index (χ4n) is 4.22. The molecule has 8 heteroatoms. The van der Waals surface area contributed by atoms with Gasteiger partial charge in [-0.05, 0) is 52.3 Å². The molecule has 2 heterocycles. The lowest BCUT2D eigenvalue weighted by Gasteiger charge is -2.30. The molecule has 0 aliphatic carbocycles. The largest absolute Gasteiger partial charge is 0.337 e. The second-order valence-corrected chi connectivity index (χ2v) is 9.73. The lowest BCUT2D eigenvalue weighted by Crippen LogP contribution is -2.43. The van der Waals surface area contributed by atoms with E-state index in [1.165, 1.54) is 11.8 Å². The number of hydrogen-bond acceptors (Lipinski definition) is 5. The molecule has 0 aliphatic heterocycles. The van der Waals surface area contributed by atoms with Crippen LogP contribution in [0.15, 0.2) is 58.5 Å². The van der Waals surface area contributed by atoms with Crippen LogP contribution < -0.4 is 5.56 Å². The Kier molecular flexibility index (Phi) is 6.56. The average Bonchev–Trinajstić information content (AvgIpc) is 3.20. The number of para-hydroxylation sites is 1. The van der Waals surface area contributed by atoms with Crippen molar-refractivity contribution in [3.8, 4) is 0 Å². The molecular formula is C25H29N5O2S. The van der Waals surface area contributed by atoms with Crippen molar-refractivity contribution in [3.05, 3.63) is 70.0 Å². The highest BCUT2D eigenvalue weighted by molar-refractivity contribution is 7.99. The van der Waals surface area contributed by atoms with E-state index in [1.807, 2.05) is 92.5 Å². The summed E-state index contributed by atoms with van der Waals surface area (Å²) in [7, 11) is 0. The average molecular weight is 464 g/mol. The van der Waals surface area contributed by atoms with Gasteiger partial charge in [0.25, 0.3) is 5.56 Å². The van der Waals surface area contributed by atoms with Crippen LogP contribution in [0.5, 0.6) is 0 Å². The first-order valence-corrected chi connectivity index (χ1v) is 12.1. The SMILES string of the molecule is Cc1ccc(Cn2c(=O)c3ccccc3n3c(SCC(=O)N(C(C)C)C(C)C)nnc23)cc1. The highest BCUT2D eigenvalue weighted by atomic mass is 32.2. The number of carbonyl (C=O) groups is 1. The van der Waals surface area contributed by atoms with E-state index in [-0.39, 0.29) is 29.3 Å². The molecule has 4 aromatic rings. The van der Waals surface area contributed by atoms with E-state index < -0.39 is 0 Å². The summed E-state index contributed by atoms with van der Waals surface area (Å²) in [5, 5.41) is 9.93. The molecule has 0 N–H and O–H groups in total. The summed E-state index contributed by atoms with van der Waals surface area (Å²) in [4.78, 5) is 28.1. The molecule has 4 rings (SSSR count). The predicted molar refractivity (Wildman–Crippen MR) is 133 cm³/mol. The van der Waals surface area contributed by atoms with Gasteiger partial charge < -0.3 is 4.90 Å². The van der Waals surface area contributed by atoms with E-state index in [2.05, 4.69) is 10.2 Å². The summed E-state index contributed by atoms with van der Waals surface area (Å²) < 4.78 is 3.54. The summed E-state index contributed by atoms with van der Waals surface area (Å²) >= 11 is 1.35. The summed E-state index contributed by atoms with van der Waals surface area (Å²) in [5.74, 6) is 0.778. The number of hydrogen-bond donors (Lipinski definition) is 0. The van der Waals surface area contributed by atoms with Gasteiger partial charge in [-0.15, -0.1) is 10.2 Å². The maximum atomic E-state index is 13.3. The van der Waals surface area contributed by atoms with Gasteiger partial charge in [0, 0.05) is 12.1 Å². The Morgan fingerprint density at radius 3 is 2.33 bits per heavy atom. The molecular weight excluding hydrogens is 434 g/mol. The zero-order chi connectivity index (χ0) is 23.7. The van der Waals surface area contributed by atoms with Crippen LogP contribution in [-0.4, -0.2) is 47.8 Å². The number of rotatable bonds is 7. The number of aromatic nitrogens is 4. The molecule has 0 aliphatic rings. The number of amides is 1. The number of benzene rings is 2. The maximum Gasteiger partial charge on any atom is 0.263 e. The molecule has 2 aromatic carbocycles. The van der Waals surface area contributed by atoms with Gasteiger partial charge in [-0.1, -0.05) is 53.7 Å². The van der Waals surface area contributed by atoms with E-state index in [0.717, 1.165) is 16.6 Å². The van der Waals surface area contributed by atoms with Crippen LogP contribution in [0.4, 0.5) is 0 Å². The number of aryl methyl sites for hydroxylation is 1. The minimum atomic E-state index is -0.107. The van der Waals surface area contributed by atoms with Crippen molar-refractivity contribution in [2.75, 3.05) is 5.75 Å². The molecule has 0 atom stereocenters. The minimum absolute atomic E-state index is 0.0547. The first kappa shape index (κ1) is 23.0. The summed E-state index contributed by atoms with van der Waals surface area (Å²) in [6, 6.07) is 15.8. The third-order valence-corrected chi connectivity index (χ3v) is 6.58. The van der Waals surface area contributed by atoms with E-state index >= 15 is 0 Å². The van der Waals surface area contributed by atoms with Crippen LogP contribution in [0.3, 0.4) is 0 Å². The monoisotopic (exact) mass is 463 g/mol. The third-order valence-electron chi connectivity index (χ3n) is 5.66. The second kappa shape index (κ2) is 9.39. The van der Waals surface area contributed by atoms with Crippen molar-refractivity contribution in [1.82, 2.24) is 24.1 Å². The van der Waals surface area contributed by atoms with Crippen LogP contribution in [-0.2, 0) is 11.3 Å². The first-order chi connectivity index (χ1) is 15.8. The van der Waals surface area contributed by atoms with Crippen molar-refractivity contribution < 1.29 is 4.79 Å². The Bertz CT molecular complexity index is 1350. The highest BCUT2D eigenvalue weighted by Crippen LogP contribution is 2.23. The highest BCUT2D eigenvalue weighted by Gasteiger charge is 2.22. The Labute approximate surface area is 197 Å². The number of nitrogens with zero attached hydrogens (tertiary/aromatic N) is 5. The zero-order valence-corrected chi connectivity index (χ0v) is 20.5. The van der Waals surface area contributed by atoms with Crippen molar-refractivity contribution in [3.63, 3.8) is 0 Å². The second-order valence-electron chi connectivity index (χ2n) is 8.79. The van der Waals surface area contributed by atoms with Gasteiger partial charge in [0.15, 0.2) is 5.16 Å². The van der Waals surface area contributed by atoms with Crippen LogP contribution >= 0.6 is 11.8 Å². The number of thioether (sulfide) groups is 1. The molecule has 0 saturated carbocycles. The lowest BCUT2D eigenvalue weighted by molar-refractivity contribution is -0.131. The summed E-state index contributed by atoms with van der Waals surface area (Å²) in [5.41, 5.74) is 2.81. The molecule has 7 nitrogen and oxygen atoms in total. The first-order valence-electron chi connectivity index (χ1n) is 11.1. The van der Waals surface area contributed by atoms with Crippen LogP contribution in [0.2, 0.25) is 0 Å². The van der Waals surface area contributed by atoms with Gasteiger partial charge in [0.05, 0.1) is 23.2 Å². The van der Waals surface area contributed by atoms with Gasteiger partial charge in [-0.2, -0.15) is 0 Å². The molecule has 0 radical (unpaired) electrons. The third kappa shape index (κ3) is 4.53. The molecule has 0 bridgehead atoms. The smallest absolute Gasteiger partial charge is 0.263 e. The van der Waals surface area contributed by atoms with Gasteiger partial charge >= 0.3 is 0 Å². The lowest BCUT2D eigenvalue weighted by atomic mass is 10.1. The normalized spacial score (nSPS) is 11.7. The molecule has 2 aromatic heterocycles. The van der Waals surface area contributed by atoms with Crippen LogP contribution in [0.25, 0.3) is 16.7 Å². The molecule has 0 unspecified atom stereocenters. The van der Waals surface area contributed by atoms with Gasteiger partial charge in [-0.3, -0.25) is 18.6 Å². The molecule has 1 amide bonds. The predicted octanol–water partition coefficient (Wildman–Crippen LogP) is 4.14.